The van der Waals surface area contributed by atoms with Gasteiger partial charge in [-0.3, -0.25) is 9.48 Å². The summed E-state index contributed by atoms with van der Waals surface area (Å²) in [4.78, 5) is 13.4. The van der Waals surface area contributed by atoms with Crippen LogP contribution < -0.4 is 0 Å². The molecular formula is C27H42N2O3. The number of nitrogens with zero attached hydrogens (tertiary/aromatic N) is 2. The van der Waals surface area contributed by atoms with Crippen LogP contribution in [-0.4, -0.2) is 40.0 Å². The van der Waals surface area contributed by atoms with Gasteiger partial charge in [0.05, 0.1) is 24.9 Å². The number of methoxy groups -OCH3 is 1. The number of carbonyl (C=O) groups is 1. The van der Waals surface area contributed by atoms with Gasteiger partial charge in [0, 0.05) is 19.2 Å². The molecule has 1 heterocycles. The number of aliphatic hydroxyl groups is 1. The summed E-state index contributed by atoms with van der Waals surface area (Å²) in [7, 11) is 1.86. The Kier molecular flexibility index (Phi) is 5.60. The Labute approximate surface area is 193 Å². The van der Waals surface area contributed by atoms with E-state index in [2.05, 4.69) is 12.0 Å². The van der Waals surface area contributed by atoms with Crippen molar-refractivity contribution in [3.05, 3.63) is 18.0 Å². The second kappa shape index (κ2) is 7.94. The fourth-order valence-electron chi connectivity index (χ4n) is 9.14. The van der Waals surface area contributed by atoms with Crippen molar-refractivity contribution in [1.82, 2.24) is 9.78 Å². The van der Waals surface area contributed by atoms with Crippen LogP contribution in [0.3, 0.4) is 0 Å². The third-order valence-corrected chi connectivity index (χ3v) is 10.5. The number of hydrogen-bond acceptors (Lipinski definition) is 4. The molecule has 1 aromatic rings. The molecule has 178 valence electrons. The standard InChI is InChI=1S/C27H42N2O3/c1-18-14-28-29(15-18)16-24(30)23-8-7-21-20-6-5-19-13-25(2,31)11-12-27(19,17-32-4)22(20)9-10-26(21,23)3/h14-15,19-23,31H,5-13,16-17H2,1-4H3/t19-,20+,21+,22?,23-,25-,26+,27-/m1/s1. The zero-order valence-electron chi connectivity index (χ0n) is 20.5. The van der Waals surface area contributed by atoms with Crippen LogP contribution in [0.25, 0.3) is 0 Å². The van der Waals surface area contributed by atoms with Crippen LogP contribution in [0.2, 0.25) is 0 Å². The lowest BCUT2D eigenvalue weighted by Gasteiger charge is -2.62. The fraction of sp³-hybridized carbons (Fsp3) is 0.852. The lowest BCUT2D eigenvalue weighted by molar-refractivity contribution is -0.175. The maximum absolute atomic E-state index is 13.4. The van der Waals surface area contributed by atoms with Gasteiger partial charge >= 0.3 is 0 Å². The van der Waals surface area contributed by atoms with E-state index in [0.29, 0.717) is 36.0 Å². The Balaban J connectivity index is 1.37. The zero-order valence-corrected chi connectivity index (χ0v) is 20.5. The summed E-state index contributed by atoms with van der Waals surface area (Å²) in [5.74, 6) is 3.14. The smallest absolute Gasteiger partial charge is 0.157 e. The average molecular weight is 443 g/mol. The Morgan fingerprint density at radius 2 is 1.97 bits per heavy atom. The monoisotopic (exact) mass is 442 g/mol. The van der Waals surface area contributed by atoms with E-state index in [9.17, 15) is 9.90 Å². The van der Waals surface area contributed by atoms with Gasteiger partial charge in [-0.15, -0.1) is 0 Å². The van der Waals surface area contributed by atoms with E-state index in [4.69, 9.17) is 4.74 Å². The molecule has 4 fully saturated rings. The quantitative estimate of drug-likeness (QED) is 0.712. The van der Waals surface area contributed by atoms with Crippen LogP contribution in [0.15, 0.2) is 12.4 Å². The van der Waals surface area contributed by atoms with E-state index >= 15 is 0 Å². The Bertz CT molecular complexity index is 863. The molecule has 5 rings (SSSR count). The van der Waals surface area contributed by atoms with Gasteiger partial charge in [-0.05, 0) is 112 Å². The minimum Gasteiger partial charge on any atom is -0.390 e. The summed E-state index contributed by atoms with van der Waals surface area (Å²) in [5.41, 5.74) is 0.936. The maximum atomic E-state index is 13.4. The van der Waals surface area contributed by atoms with Crippen molar-refractivity contribution in [1.29, 1.82) is 0 Å². The molecule has 1 unspecified atom stereocenters. The molecule has 4 saturated carbocycles. The van der Waals surface area contributed by atoms with Gasteiger partial charge in [0.2, 0.25) is 0 Å². The molecule has 4 aliphatic carbocycles. The molecule has 5 heteroatoms. The van der Waals surface area contributed by atoms with E-state index in [1.165, 1.54) is 25.7 Å². The minimum absolute atomic E-state index is 0.127. The summed E-state index contributed by atoms with van der Waals surface area (Å²) in [5, 5.41) is 15.2. The summed E-state index contributed by atoms with van der Waals surface area (Å²) in [6.45, 7) is 7.73. The zero-order chi connectivity index (χ0) is 22.7. The van der Waals surface area contributed by atoms with Gasteiger partial charge < -0.3 is 9.84 Å². The molecular weight excluding hydrogens is 400 g/mol. The first-order valence-corrected chi connectivity index (χ1v) is 12.9. The molecule has 5 nitrogen and oxygen atoms in total. The number of Topliss-reactive ketones (excluding diaryl/α,β-unsaturated/α-hetero) is 1. The van der Waals surface area contributed by atoms with Crippen molar-refractivity contribution in [2.24, 2.45) is 40.4 Å². The minimum atomic E-state index is -0.520. The van der Waals surface area contributed by atoms with Gasteiger partial charge in [0.1, 0.15) is 0 Å². The molecule has 4 aliphatic rings. The molecule has 0 amide bonds. The molecule has 0 spiro atoms. The molecule has 0 radical (unpaired) electrons. The SMILES string of the molecule is COC[C@]12CC[C@@](C)(O)C[C@H]1CC[C@@H]1C2CC[C@]2(C)[C@@H](C(=O)Cn3cc(C)cn3)CC[C@@H]12. The van der Waals surface area contributed by atoms with Gasteiger partial charge in [0.15, 0.2) is 5.78 Å². The maximum Gasteiger partial charge on any atom is 0.157 e. The first-order chi connectivity index (χ1) is 15.2. The molecule has 0 aliphatic heterocycles. The summed E-state index contributed by atoms with van der Waals surface area (Å²) in [6, 6.07) is 0. The number of hydrogen-bond donors (Lipinski definition) is 1. The number of carbonyl (C=O) groups excluding carboxylic acids is 1. The molecule has 1 N–H and O–H groups in total. The Morgan fingerprint density at radius 3 is 2.69 bits per heavy atom. The predicted molar refractivity (Wildman–Crippen MR) is 124 cm³/mol. The van der Waals surface area contributed by atoms with Crippen LogP contribution in [0.5, 0.6) is 0 Å². The average Bonchev–Trinajstić information content (AvgIpc) is 3.30. The van der Waals surface area contributed by atoms with Gasteiger partial charge in [-0.2, -0.15) is 5.10 Å². The first-order valence-electron chi connectivity index (χ1n) is 12.9. The molecule has 0 saturated heterocycles. The number of aryl methyl sites for hydroxylation is 1. The van der Waals surface area contributed by atoms with Gasteiger partial charge in [-0.25, -0.2) is 0 Å². The van der Waals surface area contributed by atoms with Crippen LogP contribution in [0.4, 0.5) is 0 Å². The molecule has 0 bridgehead atoms. The summed E-state index contributed by atoms with van der Waals surface area (Å²) < 4.78 is 7.70. The van der Waals surface area contributed by atoms with Crippen LogP contribution in [0, 0.1) is 47.3 Å². The number of aromatic nitrogens is 2. The molecule has 0 aromatic carbocycles. The molecule has 8 atom stereocenters. The lowest BCUT2D eigenvalue weighted by atomic mass is 9.43. The Hall–Kier alpha value is -1.20. The largest absolute Gasteiger partial charge is 0.390 e. The number of ether oxygens (including phenoxy) is 1. The van der Waals surface area contributed by atoms with E-state index < -0.39 is 5.60 Å². The Morgan fingerprint density at radius 1 is 1.16 bits per heavy atom. The molecule has 1 aromatic heterocycles. The van der Waals surface area contributed by atoms with E-state index in [1.807, 2.05) is 38.0 Å². The topological polar surface area (TPSA) is 64.3 Å². The first kappa shape index (κ1) is 22.6. The second-order valence-electron chi connectivity index (χ2n) is 12.4. The normalized spacial score (nSPS) is 45.7. The number of fused-ring (bicyclic) bond motifs is 5. The van der Waals surface area contributed by atoms with E-state index in [1.54, 1.807) is 0 Å². The van der Waals surface area contributed by atoms with Crippen molar-refractivity contribution in [2.45, 2.75) is 90.7 Å². The van der Waals surface area contributed by atoms with Crippen molar-refractivity contribution < 1.29 is 14.6 Å². The van der Waals surface area contributed by atoms with Crippen molar-refractivity contribution in [3.8, 4) is 0 Å². The fourth-order valence-corrected chi connectivity index (χ4v) is 9.14. The van der Waals surface area contributed by atoms with Gasteiger partial charge in [-0.1, -0.05) is 6.92 Å². The third kappa shape index (κ3) is 3.50. The van der Waals surface area contributed by atoms with E-state index in [0.717, 1.165) is 44.3 Å². The number of rotatable bonds is 5. The molecule has 32 heavy (non-hydrogen) atoms. The highest BCUT2D eigenvalue weighted by Crippen LogP contribution is 2.68. The van der Waals surface area contributed by atoms with E-state index in [-0.39, 0.29) is 16.7 Å². The van der Waals surface area contributed by atoms with Crippen LogP contribution in [-0.2, 0) is 16.1 Å². The van der Waals surface area contributed by atoms with Crippen molar-refractivity contribution in [3.63, 3.8) is 0 Å². The van der Waals surface area contributed by atoms with Crippen molar-refractivity contribution in [2.75, 3.05) is 13.7 Å². The highest BCUT2D eigenvalue weighted by molar-refractivity contribution is 5.82. The second-order valence-corrected chi connectivity index (χ2v) is 12.4. The number of ketones is 1. The lowest BCUT2D eigenvalue weighted by Crippen LogP contribution is -2.58. The third-order valence-electron chi connectivity index (χ3n) is 10.5. The van der Waals surface area contributed by atoms with Crippen LogP contribution >= 0.6 is 0 Å². The summed E-state index contributed by atoms with van der Waals surface area (Å²) in [6.07, 6.45) is 13.8. The highest BCUT2D eigenvalue weighted by atomic mass is 16.5. The summed E-state index contributed by atoms with van der Waals surface area (Å²) >= 11 is 0. The van der Waals surface area contributed by atoms with Gasteiger partial charge in [0.25, 0.3) is 0 Å². The van der Waals surface area contributed by atoms with Crippen molar-refractivity contribution >= 4 is 5.78 Å². The van der Waals surface area contributed by atoms with Crippen LogP contribution in [0.1, 0.15) is 77.2 Å². The highest BCUT2D eigenvalue weighted by Gasteiger charge is 2.63. The predicted octanol–water partition coefficient (Wildman–Crippen LogP) is 4.80.